The topological polar surface area (TPSA) is 53.2 Å². The number of benzene rings is 2. The van der Waals surface area contributed by atoms with Gasteiger partial charge in [0.15, 0.2) is 0 Å². The third-order valence-corrected chi connectivity index (χ3v) is 4.00. The molecule has 0 heterocycles. The Morgan fingerprint density at radius 2 is 1.50 bits per heavy atom. The molecule has 2 amide bonds. The van der Waals surface area contributed by atoms with E-state index in [4.69, 9.17) is 0 Å². The van der Waals surface area contributed by atoms with Crippen molar-refractivity contribution in [2.75, 3.05) is 18.4 Å². The van der Waals surface area contributed by atoms with E-state index in [1.165, 1.54) is 10.0 Å². The maximum atomic E-state index is 11.4. The Hall–Kier alpha value is -0.746. The molecular formula is C24H42BrN3OY. The first-order valence-electron chi connectivity index (χ1n) is 8.97. The van der Waals surface area contributed by atoms with Crippen LogP contribution in [0.4, 0.5) is 10.5 Å². The van der Waals surface area contributed by atoms with E-state index < -0.39 is 0 Å². The quantitative estimate of drug-likeness (QED) is 0.327. The predicted molar refractivity (Wildman–Crippen MR) is 135 cm³/mol. The third-order valence-electron chi connectivity index (χ3n) is 3.51. The van der Waals surface area contributed by atoms with Crippen LogP contribution in [0.5, 0.6) is 0 Å². The minimum atomic E-state index is -0.170. The number of urea groups is 1. The summed E-state index contributed by atoms with van der Waals surface area (Å²) in [6.07, 6.45) is 0. The van der Waals surface area contributed by atoms with E-state index in [2.05, 4.69) is 77.8 Å². The number of hydrogen-bond donors (Lipinski definition) is 3. The molecule has 0 aromatic heterocycles. The Balaban J connectivity index is -0.000000214. The normalized spacial score (nSPS) is 8.90. The summed E-state index contributed by atoms with van der Waals surface area (Å²) in [6.45, 7) is 9.94. The Labute approximate surface area is 219 Å². The van der Waals surface area contributed by atoms with Crippen LogP contribution in [0, 0.1) is 0 Å². The number of amides is 2. The number of anilines is 1. The first-order valence-corrected chi connectivity index (χ1v) is 9.76. The average Bonchev–Trinajstić information content (AvgIpc) is 2.60. The molecule has 0 saturated carbocycles. The van der Waals surface area contributed by atoms with Crippen LogP contribution in [-0.2, 0) is 32.7 Å². The zero-order valence-electron chi connectivity index (χ0n) is 16.6. The summed E-state index contributed by atoms with van der Waals surface area (Å²) in [5, 5.41) is 8.75. The van der Waals surface area contributed by atoms with E-state index in [0.29, 0.717) is 18.5 Å². The van der Waals surface area contributed by atoms with Crippen molar-refractivity contribution in [3.05, 3.63) is 64.6 Å². The molecular weight excluding hydrogens is 515 g/mol. The fraction of sp³-hybridized carbons (Fsp3) is 0.458. The van der Waals surface area contributed by atoms with E-state index >= 15 is 0 Å². The molecule has 30 heavy (non-hydrogen) atoms. The van der Waals surface area contributed by atoms with Crippen LogP contribution in [-0.4, -0.2) is 25.2 Å². The SMILES string of the molecule is C.C.C.CC(C)NCCNC(=O)Nc1ccccc1.CC(C)c1cccc(Br)c1.[Y]. The van der Waals surface area contributed by atoms with E-state index in [-0.39, 0.29) is 61.0 Å². The Kier molecular flexibility index (Phi) is 26.2. The van der Waals surface area contributed by atoms with Gasteiger partial charge in [0.05, 0.1) is 0 Å². The predicted octanol–water partition coefficient (Wildman–Crippen LogP) is 7.28. The first kappa shape index (κ1) is 36.6. The van der Waals surface area contributed by atoms with Gasteiger partial charge in [-0.1, -0.05) is 96.2 Å². The Morgan fingerprint density at radius 1 is 0.900 bits per heavy atom. The van der Waals surface area contributed by atoms with Crippen LogP contribution in [0.1, 0.15) is 61.5 Å². The molecule has 169 valence electrons. The molecule has 4 nitrogen and oxygen atoms in total. The summed E-state index contributed by atoms with van der Waals surface area (Å²) in [4.78, 5) is 11.4. The van der Waals surface area contributed by atoms with E-state index in [0.717, 1.165) is 12.2 Å². The molecule has 0 aliphatic heterocycles. The molecule has 2 rings (SSSR count). The molecule has 0 bridgehead atoms. The van der Waals surface area contributed by atoms with Crippen molar-refractivity contribution in [2.24, 2.45) is 0 Å². The van der Waals surface area contributed by atoms with Crippen LogP contribution in [0.2, 0.25) is 0 Å². The number of rotatable bonds is 6. The van der Waals surface area contributed by atoms with Gasteiger partial charge >= 0.3 is 6.03 Å². The van der Waals surface area contributed by atoms with E-state index in [1.54, 1.807) is 0 Å². The molecule has 0 saturated heterocycles. The van der Waals surface area contributed by atoms with Gasteiger partial charge in [-0.25, -0.2) is 4.79 Å². The number of para-hydroxylation sites is 1. The smallest absolute Gasteiger partial charge is 0.319 e. The molecule has 3 N–H and O–H groups in total. The molecule has 6 heteroatoms. The van der Waals surface area contributed by atoms with E-state index in [9.17, 15) is 4.79 Å². The van der Waals surface area contributed by atoms with Gasteiger partial charge in [-0.05, 0) is 35.7 Å². The van der Waals surface area contributed by atoms with Gasteiger partial charge in [-0.2, -0.15) is 0 Å². The standard InChI is InChI=1S/C12H19N3O.C9H11Br.3CH4.Y/c1-10(2)13-8-9-14-12(16)15-11-6-4-3-5-7-11;1-7(2)8-4-3-5-9(10)6-8;;;;/h3-7,10,13H,8-9H2,1-2H3,(H2,14,15,16);3-7H,1-2H3;3*1H4;. The zero-order valence-corrected chi connectivity index (χ0v) is 21.1. The summed E-state index contributed by atoms with van der Waals surface area (Å²) in [6, 6.07) is 18.1. The average molecular weight is 557 g/mol. The number of nitrogens with one attached hydrogen (secondary N) is 3. The molecule has 2 aromatic rings. The van der Waals surface area contributed by atoms with Crippen LogP contribution >= 0.6 is 15.9 Å². The number of carbonyl (C=O) groups is 1. The number of carbonyl (C=O) groups excluding carboxylic acids is 1. The van der Waals surface area contributed by atoms with Crippen molar-refractivity contribution in [2.45, 2.75) is 61.9 Å². The molecule has 0 fully saturated rings. The summed E-state index contributed by atoms with van der Waals surface area (Å²) < 4.78 is 1.17. The molecule has 1 radical (unpaired) electrons. The summed E-state index contributed by atoms with van der Waals surface area (Å²) in [7, 11) is 0. The Bertz CT molecular complexity index is 652. The maximum Gasteiger partial charge on any atom is 0.319 e. The van der Waals surface area contributed by atoms with Crippen LogP contribution in [0.3, 0.4) is 0 Å². The minimum Gasteiger partial charge on any atom is -0.337 e. The van der Waals surface area contributed by atoms with Gasteiger partial charge in [-0.15, -0.1) is 0 Å². The summed E-state index contributed by atoms with van der Waals surface area (Å²) >= 11 is 3.43. The second-order valence-corrected chi connectivity index (χ2v) is 7.48. The Morgan fingerprint density at radius 3 is 1.97 bits per heavy atom. The van der Waals surface area contributed by atoms with Gasteiger partial charge in [0.1, 0.15) is 0 Å². The second kappa shape index (κ2) is 21.5. The molecule has 0 spiro atoms. The first-order chi connectivity index (χ1) is 12.4. The number of halogens is 1. The second-order valence-electron chi connectivity index (χ2n) is 6.57. The van der Waals surface area contributed by atoms with Gasteiger partial charge in [0, 0.05) is 62.0 Å². The van der Waals surface area contributed by atoms with Crippen molar-refractivity contribution in [1.29, 1.82) is 0 Å². The molecule has 0 aliphatic rings. The van der Waals surface area contributed by atoms with Crippen LogP contribution in [0.15, 0.2) is 59.1 Å². The fourth-order valence-electron chi connectivity index (χ4n) is 2.10. The third kappa shape index (κ3) is 18.1. The van der Waals surface area contributed by atoms with Crippen LogP contribution < -0.4 is 16.0 Å². The summed E-state index contributed by atoms with van der Waals surface area (Å²) in [5.41, 5.74) is 2.19. The molecule has 0 atom stereocenters. The maximum absolute atomic E-state index is 11.4. The van der Waals surface area contributed by atoms with Crippen molar-refractivity contribution in [3.63, 3.8) is 0 Å². The molecule has 0 aliphatic carbocycles. The molecule has 0 unspecified atom stereocenters. The monoisotopic (exact) mass is 556 g/mol. The number of hydrogen-bond acceptors (Lipinski definition) is 2. The zero-order chi connectivity index (χ0) is 19.4. The van der Waals surface area contributed by atoms with Crippen molar-refractivity contribution >= 4 is 27.6 Å². The molecule has 2 aromatic carbocycles. The summed E-state index contributed by atoms with van der Waals surface area (Å²) in [5.74, 6) is 0.623. The van der Waals surface area contributed by atoms with Gasteiger partial charge in [0.25, 0.3) is 0 Å². The van der Waals surface area contributed by atoms with Crippen molar-refractivity contribution in [3.8, 4) is 0 Å². The van der Waals surface area contributed by atoms with Gasteiger partial charge in [-0.3, -0.25) is 0 Å². The van der Waals surface area contributed by atoms with Gasteiger partial charge in [0.2, 0.25) is 0 Å². The van der Waals surface area contributed by atoms with Crippen molar-refractivity contribution < 1.29 is 37.5 Å². The van der Waals surface area contributed by atoms with Gasteiger partial charge < -0.3 is 16.0 Å². The van der Waals surface area contributed by atoms with E-state index in [1.807, 2.05) is 36.4 Å². The fourth-order valence-corrected chi connectivity index (χ4v) is 2.52. The minimum absolute atomic E-state index is 0. The largest absolute Gasteiger partial charge is 0.337 e. The van der Waals surface area contributed by atoms with Crippen molar-refractivity contribution in [1.82, 2.24) is 10.6 Å². The van der Waals surface area contributed by atoms with Crippen LogP contribution in [0.25, 0.3) is 0 Å².